The summed E-state index contributed by atoms with van der Waals surface area (Å²) in [5, 5.41) is 10.6. The molecule has 1 heterocycles. The summed E-state index contributed by atoms with van der Waals surface area (Å²) in [6.45, 7) is 4.55. The van der Waals surface area contributed by atoms with Crippen LogP contribution in [0.4, 0.5) is 0 Å². The molecule has 3 aromatic carbocycles. The van der Waals surface area contributed by atoms with E-state index in [0.29, 0.717) is 11.6 Å². The molecule has 0 fully saturated rings. The van der Waals surface area contributed by atoms with Crippen molar-refractivity contribution in [2.75, 3.05) is 6.61 Å². The number of unbranched alkanes of at least 4 members (excludes halogenated alkanes) is 1. The maximum atomic E-state index is 9.91. The molecule has 0 unspecified atom stereocenters. The number of imidazole rings is 1. The standard InChI is InChI=1S/C30H33ClN2O3/c1-3-5-7-30-32-29(22-8-14-26(15-9-22)35-21-25(34)6-4-2)20-33(30)24-12-18-28(19-13-24)36-27-16-10-23(31)11-17-27/h8-20,25,34H,3-7,21H2,1-2H3/t25-/m1/s1. The number of rotatable bonds is 12. The van der Waals surface area contributed by atoms with Crippen LogP contribution in [0, 0.1) is 0 Å². The number of aliphatic hydroxyl groups is 1. The monoisotopic (exact) mass is 504 g/mol. The second-order valence-corrected chi connectivity index (χ2v) is 9.28. The van der Waals surface area contributed by atoms with E-state index in [9.17, 15) is 5.11 Å². The Bertz CT molecular complexity index is 1220. The van der Waals surface area contributed by atoms with Crippen molar-refractivity contribution in [2.45, 2.75) is 52.1 Å². The van der Waals surface area contributed by atoms with Crippen LogP contribution in [0.1, 0.15) is 45.4 Å². The Morgan fingerprint density at radius 1 is 0.861 bits per heavy atom. The highest BCUT2D eigenvalue weighted by molar-refractivity contribution is 6.30. The summed E-state index contributed by atoms with van der Waals surface area (Å²) in [6.07, 6.45) is 6.40. The van der Waals surface area contributed by atoms with Crippen LogP contribution in [-0.2, 0) is 6.42 Å². The van der Waals surface area contributed by atoms with Crippen LogP contribution < -0.4 is 9.47 Å². The van der Waals surface area contributed by atoms with Crippen molar-refractivity contribution in [3.05, 3.63) is 89.8 Å². The number of nitrogens with zero attached hydrogens (tertiary/aromatic N) is 2. The predicted molar refractivity (Wildman–Crippen MR) is 146 cm³/mol. The lowest BCUT2D eigenvalue weighted by Crippen LogP contribution is -2.16. The summed E-state index contributed by atoms with van der Waals surface area (Å²) >= 11 is 5.96. The van der Waals surface area contributed by atoms with E-state index in [4.69, 9.17) is 26.1 Å². The number of aryl methyl sites for hydroxylation is 1. The molecule has 4 aromatic rings. The van der Waals surface area contributed by atoms with E-state index in [1.54, 1.807) is 0 Å². The molecule has 4 rings (SSSR count). The lowest BCUT2D eigenvalue weighted by molar-refractivity contribution is 0.0993. The minimum Gasteiger partial charge on any atom is -0.491 e. The van der Waals surface area contributed by atoms with Gasteiger partial charge in [-0.1, -0.05) is 38.3 Å². The van der Waals surface area contributed by atoms with Gasteiger partial charge in [0, 0.05) is 28.9 Å². The summed E-state index contributed by atoms with van der Waals surface area (Å²) in [6, 6.07) is 23.2. The highest BCUT2D eigenvalue weighted by Gasteiger charge is 2.12. The van der Waals surface area contributed by atoms with Crippen molar-refractivity contribution in [3.63, 3.8) is 0 Å². The number of halogens is 1. The molecule has 0 radical (unpaired) electrons. The smallest absolute Gasteiger partial charge is 0.127 e. The minimum atomic E-state index is -0.436. The van der Waals surface area contributed by atoms with Crippen LogP contribution in [0.3, 0.4) is 0 Å². The second kappa shape index (κ2) is 12.6. The number of ether oxygens (including phenoxy) is 2. The topological polar surface area (TPSA) is 56.5 Å². The lowest BCUT2D eigenvalue weighted by atomic mass is 10.1. The van der Waals surface area contributed by atoms with E-state index >= 15 is 0 Å². The van der Waals surface area contributed by atoms with Gasteiger partial charge in [0.2, 0.25) is 0 Å². The fourth-order valence-corrected chi connectivity index (χ4v) is 4.06. The Morgan fingerprint density at radius 3 is 2.14 bits per heavy atom. The van der Waals surface area contributed by atoms with Gasteiger partial charge in [0.05, 0.1) is 11.8 Å². The molecule has 5 nitrogen and oxygen atoms in total. The first-order valence-corrected chi connectivity index (χ1v) is 13.0. The molecule has 0 amide bonds. The third-order valence-corrected chi connectivity index (χ3v) is 6.16. The molecule has 1 N–H and O–H groups in total. The fourth-order valence-electron chi connectivity index (χ4n) is 3.94. The number of aliphatic hydroxyl groups excluding tert-OH is 1. The third-order valence-electron chi connectivity index (χ3n) is 5.91. The normalized spacial score (nSPS) is 11.9. The van der Waals surface area contributed by atoms with E-state index in [-0.39, 0.29) is 0 Å². The summed E-state index contributed by atoms with van der Waals surface area (Å²) in [7, 11) is 0. The van der Waals surface area contributed by atoms with Crippen molar-refractivity contribution < 1.29 is 14.6 Å². The second-order valence-electron chi connectivity index (χ2n) is 8.84. The summed E-state index contributed by atoms with van der Waals surface area (Å²) in [5.74, 6) is 3.28. The van der Waals surface area contributed by atoms with Gasteiger partial charge in [0.25, 0.3) is 0 Å². The van der Waals surface area contributed by atoms with Crippen LogP contribution in [0.2, 0.25) is 5.02 Å². The Hall–Kier alpha value is -3.28. The SMILES string of the molecule is CCCCc1nc(-c2ccc(OC[C@H](O)CCC)cc2)cn1-c1ccc(Oc2ccc(Cl)cc2)cc1. The molecule has 6 heteroatoms. The van der Waals surface area contributed by atoms with E-state index < -0.39 is 6.10 Å². The van der Waals surface area contributed by atoms with Crippen molar-refractivity contribution in [1.29, 1.82) is 0 Å². The highest BCUT2D eigenvalue weighted by Crippen LogP contribution is 2.27. The van der Waals surface area contributed by atoms with Gasteiger partial charge in [-0.25, -0.2) is 4.98 Å². The first-order chi connectivity index (χ1) is 17.6. The number of benzene rings is 3. The molecule has 0 saturated heterocycles. The van der Waals surface area contributed by atoms with Gasteiger partial charge in [0.15, 0.2) is 0 Å². The van der Waals surface area contributed by atoms with Crippen molar-refractivity contribution >= 4 is 11.6 Å². The largest absolute Gasteiger partial charge is 0.491 e. The molecular weight excluding hydrogens is 472 g/mol. The molecule has 36 heavy (non-hydrogen) atoms. The third kappa shape index (κ3) is 6.90. The Morgan fingerprint density at radius 2 is 1.50 bits per heavy atom. The van der Waals surface area contributed by atoms with E-state index in [1.165, 1.54) is 0 Å². The van der Waals surface area contributed by atoms with Crippen LogP contribution in [0.25, 0.3) is 16.9 Å². The van der Waals surface area contributed by atoms with E-state index in [0.717, 1.165) is 72.1 Å². The molecule has 0 spiro atoms. The fraction of sp³-hybridized carbons (Fsp3) is 0.300. The van der Waals surface area contributed by atoms with Crippen LogP contribution >= 0.6 is 11.6 Å². The zero-order valence-electron chi connectivity index (χ0n) is 20.9. The Kier molecular flexibility index (Phi) is 9.04. The molecular formula is C30H33ClN2O3. The van der Waals surface area contributed by atoms with Gasteiger partial charge in [-0.2, -0.15) is 0 Å². The zero-order valence-corrected chi connectivity index (χ0v) is 21.6. The van der Waals surface area contributed by atoms with Gasteiger partial charge in [-0.05, 0) is 85.6 Å². The van der Waals surface area contributed by atoms with Crippen LogP contribution in [0.5, 0.6) is 17.2 Å². The predicted octanol–water partition coefficient (Wildman–Crippen LogP) is 7.87. The number of aromatic nitrogens is 2. The van der Waals surface area contributed by atoms with Gasteiger partial charge in [0.1, 0.15) is 29.7 Å². The van der Waals surface area contributed by atoms with Gasteiger partial charge < -0.3 is 19.1 Å². The van der Waals surface area contributed by atoms with Gasteiger partial charge in [-0.15, -0.1) is 0 Å². The number of hydrogen-bond donors (Lipinski definition) is 1. The van der Waals surface area contributed by atoms with Gasteiger partial charge in [-0.3, -0.25) is 0 Å². The maximum Gasteiger partial charge on any atom is 0.127 e. The van der Waals surface area contributed by atoms with E-state index in [1.807, 2.05) is 72.8 Å². The summed E-state index contributed by atoms with van der Waals surface area (Å²) in [5.41, 5.74) is 2.98. The van der Waals surface area contributed by atoms with E-state index in [2.05, 4.69) is 24.6 Å². The highest BCUT2D eigenvalue weighted by atomic mass is 35.5. The van der Waals surface area contributed by atoms with Crippen molar-refractivity contribution in [1.82, 2.24) is 9.55 Å². The molecule has 188 valence electrons. The minimum absolute atomic E-state index is 0.306. The molecule has 0 bridgehead atoms. The first-order valence-electron chi connectivity index (χ1n) is 12.6. The quantitative estimate of drug-likeness (QED) is 0.213. The molecule has 0 aliphatic heterocycles. The Labute approximate surface area is 218 Å². The molecule has 1 atom stereocenters. The van der Waals surface area contributed by atoms with Crippen molar-refractivity contribution in [2.24, 2.45) is 0 Å². The number of hydrogen-bond acceptors (Lipinski definition) is 4. The molecule has 0 aliphatic rings. The lowest BCUT2D eigenvalue weighted by Gasteiger charge is -2.11. The van der Waals surface area contributed by atoms with Crippen molar-refractivity contribution in [3.8, 4) is 34.2 Å². The van der Waals surface area contributed by atoms with Crippen LogP contribution in [-0.4, -0.2) is 27.4 Å². The van der Waals surface area contributed by atoms with Crippen LogP contribution in [0.15, 0.2) is 79.0 Å². The maximum absolute atomic E-state index is 9.91. The first kappa shape index (κ1) is 25.8. The zero-order chi connectivity index (χ0) is 25.3. The average molecular weight is 505 g/mol. The molecule has 0 saturated carbocycles. The molecule has 1 aromatic heterocycles. The van der Waals surface area contributed by atoms with Gasteiger partial charge >= 0.3 is 0 Å². The summed E-state index contributed by atoms with van der Waals surface area (Å²) < 4.78 is 13.8. The molecule has 0 aliphatic carbocycles. The summed E-state index contributed by atoms with van der Waals surface area (Å²) in [4.78, 5) is 4.96. The average Bonchev–Trinajstić information content (AvgIpc) is 3.33. The Balaban J connectivity index is 1.51.